The van der Waals surface area contributed by atoms with E-state index in [9.17, 15) is 26.3 Å². The summed E-state index contributed by atoms with van der Waals surface area (Å²) in [6.45, 7) is 0. The van der Waals surface area contributed by atoms with Gasteiger partial charge < -0.3 is 0 Å². The van der Waals surface area contributed by atoms with E-state index in [1.54, 1.807) is 24.3 Å². The van der Waals surface area contributed by atoms with Crippen LogP contribution in [0.2, 0.25) is 0 Å². The summed E-state index contributed by atoms with van der Waals surface area (Å²) in [4.78, 5) is 0. The number of hydrogen-bond acceptors (Lipinski definition) is 0. The number of halogens is 6. The molecule has 0 aliphatic heterocycles. The van der Waals surface area contributed by atoms with Crippen LogP contribution in [0, 0.1) is 0 Å². The highest BCUT2D eigenvalue weighted by molar-refractivity contribution is 5.86. The van der Waals surface area contributed by atoms with Crippen molar-refractivity contribution < 1.29 is 26.3 Å². The summed E-state index contributed by atoms with van der Waals surface area (Å²) in [5.74, 6) is 0. The highest BCUT2D eigenvalue weighted by Crippen LogP contribution is 2.35. The Hall–Kier alpha value is -2.76. The summed E-state index contributed by atoms with van der Waals surface area (Å²) in [5.41, 5.74) is 0.695. The van der Waals surface area contributed by atoms with Gasteiger partial charge in [-0.05, 0) is 46.5 Å². The molecule has 26 heavy (non-hydrogen) atoms. The molecule has 2 aromatic rings. The predicted molar refractivity (Wildman–Crippen MR) is 87.2 cm³/mol. The van der Waals surface area contributed by atoms with Gasteiger partial charge in [0.15, 0.2) is 0 Å². The van der Waals surface area contributed by atoms with Gasteiger partial charge in [-0.15, -0.1) is 0 Å². The van der Waals surface area contributed by atoms with Crippen molar-refractivity contribution >= 4 is 5.57 Å². The lowest BCUT2D eigenvalue weighted by atomic mass is 9.92. The number of hydrogen-bond donors (Lipinski definition) is 0. The lowest BCUT2D eigenvalue weighted by Crippen LogP contribution is -2.05. The number of alkyl halides is 6. The number of allylic oxidation sites excluding steroid dienone is 5. The molecule has 0 nitrogen and oxygen atoms in total. The van der Waals surface area contributed by atoms with Gasteiger partial charge in [0.05, 0.1) is 11.1 Å². The van der Waals surface area contributed by atoms with Gasteiger partial charge in [-0.25, -0.2) is 0 Å². The van der Waals surface area contributed by atoms with Gasteiger partial charge in [0, 0.05) is 0 Å². The Labute approximate surface area is 145 Å². The van der Waals surface area contributed by atoms with Crippen molar-refractivity contribution in [3.63, 3.8) is 0 Å². The third-order valence-electron chi connectivity index (χ3n) is 3.95. The summed E-state index contributed by atoms with van der Waals surface area (Å²) in [5, 5.41) is 0. The molecule has 0 unspecified atom stereocenters. The van der Waals surface area contributed by atoms with Gasteiger partial charge in [0.1, 0.15) is 0 Å². The molecule has 134 valence electrons. The molecule has 1 aliphatic rings. The van der Waals surface area contributed by atoms with E-state index in [-0.39, 0.29) is 0 Å². The predicted octanol–water partition coefficient (Wildman–Crippen LogP) is 6.65. The van der Waals surface area contributed by atoms with Gasteiger partial charge in [0.25, 0.3) is 0 Å². The smallest absolute Gasteiger partial charge is 0.166 e. The fraction of sp³-hybridized carbons (Fsp3) is 0.100. The lowest BCUT2D eigenvalue weighted by molar-refractivity contribution is -0.138. The number of benzene rings is 2. The highest BCUT2D eigenvalue weighted by atomic mass is 19.4. The maximum absolute atomic E-state index is 12.8. The SMILES string of the molecule is FC(F)(F)c1ccc(C(=C2C=CC=C2)c2ccc(C(F)(F)F)cc2)cc1. The van der Waals surface area contributed by atoms with Crippen molar-refractivity contribution in [2.24, 2.45) is 0 Å². The van der Waals surface area contributed by atoms with Crippen LogP contribution in [0.25, 0.3) is 5.57 Å². The largest absolute Gasteiger partial charge is 0.416 e. The summed E-state index contributed by atoms with van der Waals surface area (Å²) in [6, 6.07) is 9.13. The summed E-state index contributed by atoms with van der Waals surface area (Å²) < 4.78 is 76.6. The van der Waals surface area contributed by atoms with E-state index >= 15 is 0 Å². The first kappa shape index (κ1) is 18.0. The van der Waals surface area contributed by atoms with E-state index in [0.717, 1.165) is 24.3 Å². The highest BCUT2D eigenvalue weighted by Gasteiger charge is 2.31. The zero-order chi connectivity index (χ0) is 18.9. The topological polar surface area (TPSA) is 0 Å². The Morgan fingerprint density at radius 2 is 0.885 bits per heavy atom. The molecule has 0 N–H and O–H groups in total. The van der Waals surface area contributed by atoms with E-state index in [1.165, 1.54) is 24.3 Å². The molecule has 6 heteroatoms. The molecule has 0 spiro atoms. The molecule has 0 atom stereocenters. The van der Waals surface area contributed by atoms with Crippen molar-refractivity contribution in [2.75, 3.05) is 0 Å². The molecule has 0 radical (unpaired) electrons. The summed E-state index contributed by atoms with van der Waals surface area (Å²) in [7, 11) is 0. The molecule has 2 aromatic carbocycles. The Kier molecular flexibility index (Phi) is 4.52. The van der Waals surface area contributed by atoms with E-state index in [0.29, 0.717) is 22.3 Å². The molecule has 0 saturated heterocycles. The molecule has 0 bridgehead atoms. The van der Waals surface area contributed by atoms with Gasteiger partial charge in [-0.3, -0.25) is 0 Å². The Bertz CT molecular complexity index is 802. The third-order valence-corrected chi connectivity index (χ3v) is 3.95. The van der Waals surface area contributed by atoms with Gasteiger partial charge >= 0.3 is 12.4 Å². The van der Waals surface area contributed by atoms with Crippen LogP contribution in [0.3, 0.4) is 0 Å². The average molecular weight is 366 g/mol. The average Bonchev–Trinajstić information content (AvgIpc) is 3.08. The molecule has 0 amide bonds. The fourth-order valence-electron chi connectivity index (χ4n) is 2.69. The maximum atomic E-state index is 12.8. The minimum Gasteiger partial charge on any atom is -0.166 e. The first-order valence-corrected chi connectivity index (χ1v) is 7.60. The Morgan fingerprint density at radius 1 is 0.538 bits per heavy atom. The molecule has 0 fully saturated rings. The molecule has 0 saturated carbocycles. The molecule has 1 aliphatic carbocycles. The zero-order valence-corrected chi connectivity index (χ0v) is 13.2. The van der Waals surface area contributed by atoms with Gasteiger partial charge in [0.2, 0.25) is 0 Å². The van der Waals surface area contributed by atoms with E-state index in [4.69, 9.17) is 0 Å². The van der Waals surface area contributed by atoms with Gasteiger partial charge in [-0.1, -0.05) is 48.6 Å². The van der Waals surface area contributed by atoms with E-state index < -0.39 is 23.5 Å². The van der Waals surface area contributed by atoms with Crippen LogP contribution in [0.5, 0.6) is 0 Å². The van der Waals surface area contributed by atoms with Crippen molar-refractivity contribution in [3.05, 3.63) is 101 Å². The minimum atomic E-state index is -4.45. The Morgan fingerprint density at radius 3 is 1.19 bits per heavy atom. The molecular formula is C20H12F6. The first-order valence-electron chi connectivity index (χ1n) is 7.60. The normalized spacial score (nSPS) is 14.2. The second kappa shape index (κ2) is 6.52. The van der Waals surface area contributed by atoms with Crippen molar-refractivity contribution in [3.8, 4) is 0 Å². The molecular weight excluding hydrogens is 354 g/mol. The number of rotatable bonds is 2. The van der Waals surface area contributed by atoms with Gasteiger partial charge in [-0.2, -0.15) is 26.3 Å². The maximum Gasteiger partial charge on any atom is 0.416 e. The van der Waals surface area contributed by atoms with Crippen molar-refractivity contribution in [2.45, 2.75) is 12.4 Å². The standard InChI is InChI=1S/C20H12F6/c21-19(22,23)16-9-5-14(6-10-16)18(13-3-1-2-4-13)15-7-11-17(12-8-15)20(24,25)26/h1-12H. The van der Waals surface area contributed by atoms with Crippen LogP contribution in [-0.4, -0.2) is 0 Å². The Balaban J connectivity index is 2.07. The summed E-state index contributed by atoms with van der Waals surface area (Å²) >= 11 is 0. The quantitative estimate of drug-likeness (QED) is 0.522. The first-order chi connectivity index (χ1) is 12.2. The van der Waals surface area contributed by atoms with Crippen LogP contribution in [-0.2, 0) is 12.4 Å². The van der Waals surface area contributed by atoms with Crippen LogP contribution in [0.15, 0.2) is 78.4 Å². The van der Waals surface area contributed by atoms with Crippen LogP contribution < -0.4 is 0 Å². The second-order valence-corrected chi connectivity index (χ2v) is 5.70. The lowest BCUT2D eigenvalue weighted by Gasteiger charge is -2.14. The van der Waals surface area contributed by atoms with E-state index in [2.05, 4.69) is 0 Å². The van der Waals surface area contributed by atoms with Crippen LogP contribution in [0.1, 0.15) is 22.3 Å². The molecule has 0 aromatic heterocycles. The minimum absolute atomic E-state index is 0.490. The molecule has 3 rings (SSSR count). The molecule has 0 heterocycles. The summed E-state index contributed by atoms with van der Waals surface area (Å²) in [6.07, 6.45) is -1.89. The second-order valence-electron chi connectivity index (χ2n) is 5.70. The monoisotopic (exact) mass is 366 g/mol. The zero-order valence-electron chi connectivity index (χ0n) is 13.2. The van der Waals surface area contributed by atoms with Crippen LogP contribution >= 0.6 is 0 Å². The fourth-order valence-corrected chi connectivity index (χ4v) is 2.69. The van der Waals surface area contributed by atoms with Crippen molar-refractivity contribution in [1.29, 1.82) is 0 Å². The van der Waals surface area contributed by atoms with E-state index in [1.807, 2.05) is 0 Å². The van der Waals surface area contributed by atoms with Crippen LogP contribution in [0.4, 0.5) is 26.3 Å². The third kappa shape index (κ3) is 3.74. The van der Waals surface area contributed by atoms with Crippen molar-refractivity contribution in [1.82, 2.24) is 0 Å².